The molecule has 14 N–H and O–H groups in total. The van der Waals surface area contributed by atoms with Gasteiger partial charge in [-0.15, -0.1) is 0 Å². The van der Waals surface area contributed by atoms with Crippen LogP contribution in [-0.2, 0) is 41.4 Å². The van der Waals surface area contributed by atoms with E-state index in [0.29, 0.717) is 0 Å². The third-order valence-electron chi connectivity index (χ3n) is 17.8. The van der Waals surface area contributed by atoms with Gasteiger partial charge in [-0.25, -0.2) is 10.9 Å². The maximum absolute atomic E-state index is 14.2. The van der Waals surface area contributed by atoms with Crippen LogP contribution in [0.25, 0.3) is 0 Å². The van der Waals surface area contributed by atoms with Gasteiger partial charge in [-0.05, 0) is 46.2 Å². The van der Waals surface area contributed by atoms with Crippen LogP contribution in [0.5, 0.6) is 34.5 Å². The van der Waals surface area contributed by atoms with Gasteiger partial charge in [-0.2, -0.15) is 10.2 Å². The highest BCUT2D eigenvalue weighted by molar-refractivity contribution is 6.32. The third kappa shape index (κ3) is 9.69. The number of nitrogens with one attached hydrogen (secondary N) is 2. The van der Waals surface area contributed by atoms with E-state index in [-0.39, 0.29) is 86.7 Å². The molecule has 3 fully saturated rings. The van der Waals surface area contributed by atoms with Crippen molar-refractivity contribution in [3.8, 4) is 34.5 Å². The lowest BCUT2D eigenvalue weighted by atomic mass is 9.71. The Labute approximate surface area is 484 Å². The van der Waals surface area contributed by atoms with Crippen molar-refractivity contribution in [2.45, 2.75) is 145 Å². The van der Waals surface area contributed by atoms with Gasteiger partial charge in [-0.1, -0.05) is 24.3 Å². The summed E-state index contributed by atoms with van der Waals surface area (Å²) in [6, 6.07) is 6.99. The first-order chi connectivity index (χ1) is 40.2. The molecule has 5 aliphatic carbocycles. The van der Waals surface area contributed by atoms with Crippen LogP contribution in [0.1, 0.15) is 158 Å². The van der Waals surface area contributed by atoms with E-state index in [2.05, 4.69) is 21.1 Å². The zero-order valence-electron chi connectivity index (χ0n) is 46.9. The Morgan fingerprint density at radius 2 is 0.941 bits per heavy atom. The molecule has 0 aromatic heterocycles. The van der Waals surface area contributed by atoms with E-state index in [1.807, 2.05) is 0 Å². The maximum atomic E-state index is 14.2. The number of phenols is 4. The van der Waals surface area contributed by atoms with Gasteiger partial charge in [0.2, 0.25) is 23.4 Å². The number of amides is 2. The third-order valence-corrected chi connectivity index (χ3v) is 17.8. The van der Waals surface area contributed by atoms with Crippen molar-refractivity contribution in [3.05, 3.63) is 103 Å². The molecule has 26 heteroatoms. The summed E-state index contributed by atoms with van der Waals surface area (Å²) in [4.78, 5) is 84.0. The minimum Gasteiger partial charge on any atom is -0.507 e. The highest BCUT2D eigenvalue weighted by Crippen LogP contribution is 2.55. The van der Waals surface area contributed by atoms with Crippen LogP contribution < -0.4 is 31.8 Å². The number of hydrogen-bond donors (Lipinski definition) is 12. The van der Waals surface area contributed by atoms with Gasteiger partial charge in [0.1, 0.15) is 45.7 Å². The summed E-state index contributed by atoms with van der Waals surface area (Å²) in [5.41, 5.74) is 9.51. The van der Waals surface area contributed by atoms with Gasteiger partial charge >= 0.3 is 0 Å². The smallest absolute Gasteiger partial charge is 0.244 e. The largest absolute Gasteiger partial charge is 0.507 e. The van der Waals surface area contributed by atoms with Gasteiger partial charge in [0.05, 0.1) is 107 Å². The van der Waals surface area contributed by atoms with Crippen LogP contribution in [0, 0.1) is 11.8 Å². The lowest BCUT2D eigenvalue weighted by Gasteiger charge is -2.42. The van der Waals surface area contributed by atoms with Crippen molar-refractivity contribution in [2.75, 3.05) is 14.2 Å². The fourth-order valence-corrected chi connectivity index (χ4v) is 12.8. The zero-order chi connectivity index (χ0) is 61.2. The van der Waals surface area contributed by atoms with Gasteiger partial charge in [0.15, 0.2) is 24.1 Å². The summed E-state index contributed by atoms with van der Waals surface area (Å²) >= 11 is 0. The molecule has 14 atom stereocenters. The molecule has 26 nitrogen and oxygen atoms in total. The summed E-state index contributed by atoms with van der Waals surface area (Å²) in [5, 5.41) is 102. The number of aliphatic hydroxyl groups excluding tert-OH is 2. The minimum atomic E-state index is -2.11. The quantitative estimate of drug-likeness (QED) is 0.0469. The van der Waals surface area contributed by atoms with Gasteiger partial charge in [0.25, 0.3) is 0 Å². The normalized spacial score (nSPS) is 31.3. The Kier molecular flexibility index (Phi) is 15.0. The maximum Gasteiger partial charge on any atom is 0.244 e. The Balaban J connectivity index is 0.827. The molecule has 0 radical (unpaired) electrons. The Morgan fingerprint density at radius 1 is 0.576 bits per heavy atom. The molecular formula is C59H64N6O20. The molecular weight excluding hydrogens is 1110 g/mol. The SMILES string of the molecule is COc1cccc2c1C(=O)c1c(O)c3c(c(O)c1C2=O)CC(O)(C(C)=NNC(=O)C1CC1C(=O)NN=C(C)C1(O)Cc2c(O)c4c(c(O)c2C(OC2CC(N)C(O)C(C)O2)C1)C(=O)c1c(OC)cccc1C4=O)CC3OC1CC(N)C(O)C(C)O1. The number of ketones is 4. The van der Waals surface area contributed by atoms with Crippen LogP contribution in [0.2, 0.25) is 0 Å². The number of aromatic hydroxyl groups is 4. The van der Waals surface area contributed by atoms with Crippen LogP contribution in [0.3, 0.4) is 0 Å². The fourth-order valence-electron chi connectivity index (χ4n) is 12.8. The fraction of sp³-hybridized carbons (Fsp3) is 0.458. The van der Waals surface area contributed by atoms with Crippen molar-refractivity contribution < 1.29 is 98.0 Å². The Bertz CT molecular complexity index is 3370. The average Bonchev–Trinajstić information content (AvgIpc) is 2.87. The Morgan fingerprint density at radius 3 is 1.29 bits per heavy atom. The second kappa shape index (κ2) is 21.6. The second-order valence-electron chi connectivity index (χ2n) is 23.0. The summed E-state index contributed by atoms with van der Waals surface area (Å²) in [6.45, 7) is 5.86. The summed E-state index contributed by atoms with van der Waals surface area (Å²) in [5.74, 6) is -9.49. The molecule has 2 heterocycles. The number of carbonyl (C=O) groups excluding carboxylic acids is 6. The van der Waals surface area contributed by atoms with E-state index in [0.717, 1.165) is 0 Å². The number of fused-ring (bicyclic) bond motifs is 6. The number of methoxy groups -OCH3 is 2. The lowest BCUT2D eigenvalue weighted by molar-refractivity contribution is -0.246. The molecule has 7 aliphatic rings. The van der Waals surface area contributed by atoms with E-state index in [1.54, 1.807) is 13.8 Å². The monoisotopic (exact) mass is 1180 g/mol. The summed E-state index contributed by atoms with van der Waals surface area (Å²) < 4.78 is 35.3. The molecule has 14 unspecified atom stereocenters. The van der Waals surface area contributed by atoms with Gasteiger partial charge in [-0.3, -0.25) is 28.8 Å². The number of nitrogens with zero attached hydrogens (tertiary/aromatic N) is 2. The molecule has 11 rings (SSSR count). The topological polar surface area (TPSA) is 420 Å². The van der Waals surface area contributed by atoms with Crippen molar-refractivity contribution in [3.63, 3.8) is 0 Å². The molecule has 1 saturated carbocycles. The molecule has 450 valence electrons. The van der Waals surface area contributed by atoms with Crippen LogP contribution in [0.4, 0.5) is 0 Å². The highest BCUT2D eigenvalue weighted by atomic mass is 16.7. The number of phenolic OH excluding ortho intramolecular Hbond substituents is 4. The second-order valence-corrected chi connectivity index (χ2v) is 23.0. The van der Waals surface area contributed by atoms with Crippen molar-refractivity contribution in [1.82, 2.24) is 10.9 Å². The lowest BCUT2D eigenvalue weighted by Crippen LogP contribution is -2.52. The van der Waals surface area contributed by atoms with Crippen LogP contribution in [0.15, 0.2) is 46.6 Å². The molecule has 0 bridgehead atoms. The zero-order valence-corrected chi connectivity index (χ0v) is 46.9. The predicted octanol–water partition coefficient (Wildman–Crippen LogP) is 1.51. The Hall–Kier alpha value is -7.76. The molecule has 2 aliphatic heterocycles. The molecule has 2 amide bonds. The van der Waals surface area contributed by atoms with E-state index < -0.39 is 190 Å². The summed E-state index contributed by atoms with van der Waals surface area (Å²) in [7, 11) is 2.61. The van der Waals surface area contributed by atoms with Gasteiger partial charge in [0, 0.05) is 84.0 Å². The highest BCUT2D eigenvalue weighted by Gasteiger charge is 2.53. The number of carbonyl (C=O) groups is 6. The van der Waals surface area contributed by atoms with E-state index in [4.69, 9.17) is 39.9 Å². The van der Waals surface area contributed by atoms with Crippen molar-refractivity contribution in [1.29, 1.82) is 0 Å². The van der Waals surface area contributed by atoms with Crippen LogP contribution >= 0.6 is 0 Å². The van der Waals surface area contributed by atoms with Crippen molar-refractivity contribution >= 4 is 46.4 Å². The molecule has 4 aromatic carbocycles. The summed E-state index contributed by atoms with van der Waals surface area (Å²) in [6.07, 6.45) is -10.9. The van der Waals surface area contributed by atoms with Gasteiger partial charge < -0.3 is 80.7 Å². The number of hydrazone groups is 2. The van der Waals surface area contributed by atoms with E-state index in [9.17, 15) is 69.6 Å². The first-order valence-corrected chi connectivity index (χ1v) is 27.6. The number of aliphatic hydroxyl groups is 4. The first-order valence-electron chi connectivity index (χ1n) is 27.6. The number of hydrogen-bond acceptors (Lipinski definition) is 24. The molecule has 0 spiro atoms. The van der Waals surface area contributed by atoms with Crippen LogP contribution in [-0.4, -0.2) is 162 Å². The number of nitrogens with two attached hydrogens (primary N) is 2. The molecule has 2 saturated heterocycles. The number of ether oxygens (including phenoxy) is 6. The standard InChI is InChI=1S/C59H64N6O20/c1-20-46(66)30(60)14-36(82-20)84-34-18-58(78,16-28-40(34)54(74)44-42(50(28)70)48(68)24-9-7-11-32(80-5)38(24)52(44)72)22(3)62-64-56(76)26-13-27(26)57(77)65-63-23(4)59(79)17-29-41(35(19-59)85-37-15-31(61)47(67)21(2)83-37)55(75)45-43(51(29)71)49(69)25-10-8-12-33(81-6)39(25)53(45)73/h7-12,20-21,26-27,30-31,34-37,46-47,66-67,70-71,74-75,78-79H,13-19,60-61H2,1-6H3,(H,64,76)(H,65,77). The average molecular weight is 1180 g/mol. The molecule has 85 heavy (non-hydrogen) atoms. The first kappa shape index (κ1) is 59.0. The van der Waals surface area contributed by atoms with Crippen molar-refractivity contribution in [2.24, 2.45) is 33.5 Å². The number of rotatable bonds is 12. The molecule has 4 aromatic rings. The minimum absolute atomic E-state index is 0.00916. The van der Waals surface area contributed by atoms with E-state index in [1.165, 1.54) is 64.5 Å². The van der Waals surface area contributed by atoms with E-state index >= 15 is 0 Å². The number of benzene rings is 4. The predicted molar refractivity (Wildman–Crippen MR) is 293 cm³/mol.